The number of hydrogen-bond acceptors (Lipinski definition) is 3. The predicted molar refractivity (Wildman–Crippen MR) is 71.5 cm³/mol. The first-order chi connectivity index (χ1) is 9.06. The van der Waals surface area contributed by atoms with Gasteiger partial charge in [-0.1, -0.05) is 12.1 Å². The minimum atomic E-state index is -1.05. The van der Waals surface area contributed by atoms with E-state index in [0.29, 0.717) is 17.9 Å². The summed E-state index contributed by atoms with van der Waals surface area (Å²) in [5.41, 5.74) is 7.40. The van der Waals surface area contributed by atoms with Crippen molar-refractivity contribution in [1.82, 2.24) is 0 Å². The highest BCUT2D eigenvalue weighted by Crippen LogP contribution is 2.19. The monoisotopic (exact) mass is 260 g/mol. The van der Waals surface area contributed by atoms with Gasteiger partial charge < -0.3 is 16.2 Å². The molecule has 0 saturated carbocycles. The molecule has 0 aliphatic heterocycles. The maximum atomic E-state index is 12.8. The summed E-state index contributed by atoms with van der Waals surface area (Å²) in [5.74, 6) is -1.35. The Hall–Kier alpha value is -2.56. The zero-order valence-electron chi connectivity index (χ0n) is 10.1. The number of carbonyl (C=O) groups is 1. The van der Waals surface area contributed by atoms with Crippen molar-refractivity contribution < 1.29 is 14.3 Å². The molecule has 0 amide bonds. The van der Waals surface area contributed by atoms with Gasteiger partial charge in [-0.05, 0) is 35.9 Å². The molecule has 0 heterocycles. The molecular formula is C14H13FN2O2. The molecule has 0 atom stereocenters. The van der Waals surface area contributed by atoms with Crippen molar-refractivity contribution in [2.24, 2.45) is 0 Å². The van der Waals surface area contributed by atoms with Crippen molar-refractivity contribution in [3.63, 3.8) is 0 Å². The van der Waals surface area contributed by atoms with Gasteiger partial charge in [-0.25, -0.2) is 9.18 Å². The molecule has 0 spiro atoms. The zero-order chi connectivity index (χ0) is 13.8. The fourth-order valence-corrected chi connectivity index (χ4v) is 1.69. The molecule has 4 nitrogen and oxygen atoms in total. The molecule has 0 radical (unpaired) electrons. The number of halogens is 1. The molecule has 0 unspecified atom stereocenters. The lowest BCUT2D eigenvalue weighted by Gasteiger charge is -2.10. The van der Waals surface area contributed by atoms with Crippen molar-refractivity contribution >= 4 is 17.3 Å². The number of nitrogens with one attached hydrogen (secondary N) is 1. The number of carboxylic acid groups (broad SMARTS) is 1. The van der Waals surface area contributed by atoms with Gasteiger partial charge in [0.2, 0.25) is 0 Å². The Morgan fingerprint density at radius 3 is 2.53 bits per heavy atom. The van der Waals surface area contributed by atoms with E-state index in [-0.39, 0.29) is 11.4 Å². The van der Waals surface area contributed by atoms with Crippen LogP contribution in [0.2, 0.25) is 0 Å². The average Bonchev–Trinajstić information content (AvgIpc) is 2.39. The number of nitrogen functional groups attached to an aromatic ring is 1. The minimum absolute atomic E-state index is 0.113. The first-order valence-electron chi connectivity index (χ1n) is 5.67. The van der Waals surface area contributed by atoms with Crippen LogP contribution >= 0.6 is 0 Å². The second-order valence-electron chi connectivity index (χ2n) is 4.09. The van der Waals surface area contributed by atoms with E-state index >= 15 is 0 Å². The van der Waals surface area contributed by atoms with E-state index < -0.39 is 5.97 Å². The maximum Gasteiger partial charge on any atom is 0.337 e. The van der Waals surface area contributed by atoms with Crippen LogP contribution in [0.3, 0.4) is 0 Å². The molecule has 0 fully saturated rings. The number of carboxylic acids is 1. The Bertz CT molecular complexity index is 597. The van der Waals surface area contributed by atoms with Crippen molar-refractivity contribution in [1.29, 1.82) is 0 Å². The molecule has 0 aliphatic rings. The normalized spacial score (nSPS) is 10.2. The lowest BCUT2D eigenvalue weighted by atomic mass is 10.1. The summed E-state index contributed by atoms with van der Waals surface area (Å²) in [6.07, 6.45) is 0. The van der Waals surface area contributed by atoms with Crippen molar-refractivity contribution in [2.45, 2.75) is 6.54 Å². The van der Waals surface area contributed by atoms with Gasteiger partial charge in [-0.2, -0.15) is 0 Å². The smallest absolute Gasteiger partial charge is 0.337 e. The Balaban J connectivity index is 2.15. The molecule has 0 aromatic heterocycles. The largest absolute Gasteiger partial charge is 0.478 e. The topological polar surface area (TPSA) is 75.3 Å². The third-order valence-electron chi connectivity index (χ3n) is 2.67. The predicted octanol–water partition coefficient (Wildman–Crippen LogP) is 2.72. The maximum absolute atomic E-state index is 12.8. The molecule has 0 aliphatic carbocycles. The summed E-state index contributed by atoms with van der Waals surface area (Å²) in [4.78, 5) is 11.1. The number of benzene rings is 2. The van der Waals surface area contributed by atoms with E-state index in [0.717, 1.165) is 5.56 Å². The molecule has 19 heavy (non-hydrogen) atoms. The van der Waals surface area contributed by atoms with Gasteiger partial charge >= 0.3 is 5.97 Å². The van der Waals surface area contributed by atoms with E-state index in [1.807, 2.05) is 0 Å². The first-order valence-corrected chi connectivity index (χ1v) is 5.67. The fourth-order valence-electron chi connectivity index (χ4n) is 1.69. The number of aromatic carboxylic acids is 1. The van der Waals surface area contributed by atoms with Crippen molar-refractivity contribution in [3.8, 4) is 0 Å². The molecule has 0 saturated heterocycles. The second kappa shape index (κ2) is 5.39. The fraction of sp³-hybridized carbons (Fsp3) is 0.0714. The summed E-state index contributed by atoms with van der Waals surface area (Å²) < 4.78 is 12.8. The van der Waals surface area contributed by atoms with E-state index in [4.69, 9.17) is 10.8 Å². The highest BCUT2D eigenvalue weighted by Gasteiger charge is 2.10. The number of rotatable bonds is 4. The van der Waals surface area contributed by atoms with E-state index in [9.17, 15) is 9.18 Å². The minimum Gasteiger partial charge on any atom is -0.478 e. The molecular weight excluding hydrogens is 247 g/mol. The third kappa shape index (κ3) is 3.22. The van der Waals surface area contributed by atoms with Crippen LogP contribution < -0.4 is 11.1 Å². The van der Waals surface area contributed by atoms with Gasteiger partial charge in [0, 0.05) is 17.9 Å². The zero-order valence-corrected chi connectivity index (χ0v) is 10.1. The van der Waals surface area contributed by atoms with E-state index in [2.05, 4.69) is 5.32 Å². The van der Waals surface area contributed by atoms with Crippen LogP contribution in [0, 0.1) is 5.82 Å². The van der Waals surface area contributed by atoms with E-state index in [1.54, 1.807) is 24.3 Å². The van der Waals surface area contributed by atoms with Gasteiger partial charge in [0.15, 0.2) is 0 Å². The highest BCUT2D eigenvalue weighted by molar-refractivity contribution is 5.95. The van der Waals surface area contributed by atoms with Crippen LogP contribution in [0.1, 0.15) is 15.9 Å². The highest BCUT2D eigenvalue weighted by atomic mass is 19.1. The summed E-state index contributed by atoms with van der Waals surface area (Å²) >= 11 is 0. The molecule has 5 heteroatoms. The van der Waals surface area contributed by atoms with E-state index in [1.165, 1.54) is 18.2 Å². The van der Waals surface area contributed by atoms with Gasteiger partial charge in [-0.15, -0.1) is 0 Å². The number of nitrogens with two attached hydrogens (primary N) is 1. The van der Waals surface area contributed by atoms with Crippen LogP contribution in [-0.2, 0) is 6.54 Å². The van der Waals surface area contributed by atoms with Crippen LogP contribution in [0.25, 0.3) is 0 Å². The van der Waals surface area contributed by atoms with Crippen LogP contribution in [0.15, 0.2) is 42.5 Å². The third-order valence-corrected chi connectivity index (χ3v) is 2.67. The number of hydrogen-bond donors (Lipinski definition) is 3. The lowest BCUT2D eigenvalue weighted by molar-refractivity contribution is 0.0698. The summed E-state index contributed by atoms with van der Waals surface area (Å²) in [6.45, 7) is 0.407. The SMILES string of the molecule is Nc1ccc(NCc2ccc(F)cc2)c(C(=O)O)c1. The number of anilines is 2. The quantitative estimate of drug-likeness (QED) is 0.739. The van der Waals surface area contributed by atoms with Gasteiger partial charge in [0.1, 0.15) is 5.82 Å². The molecule has 2 aromatic rings. The van der Waals surface area contributed by atoms with Crippen LogP contribution in [0.4, 0.5) is 15.8 Å². The average molecular weight is 260 g/mol. The van der Waals surface area contributed by atoms with Crippen molar-refractivity contribution in [2.75, 3.05) is 11.1 Å². The van der Waals surface area contributed by atoms with Crippen LogP contribution in [-0.4, -0.2) is 11.1 Å². The van der Waals surface area contributed by atoms with Gasteiger partial charge in [0.25, 0.3) is 0 Å². The lowest BCUT2D eigenvalue weighted by Crippen LogP contribution is -2.07. The first kappa shape index (κ1) is 12.9. The van der Waals surface area contributed by atoms with Crippen LogP contribution in [0.5, 0.6) is 0 Å². The summed E-state index contributed by atoms with van der Waals surface area (Å²) in [6, 6.07) is 10.6. The van der Waals surface area contributed by atoms with Gasteiger partial charge in [-0.3, -0.25) is 0 Å². The van der Waals surface area contributed by atoms with Crippen molar-refractivity contribution in [3.05, 3.63) is 59.4 Å². The molecule has 4 N–H and O–H groups in total. The summed E-state index contributed by atoms with van der Waals surface area (Å²) in [7, 11) is 0. The second-order valence-corrected chi connectivity index (χ2v) is 4.09. The standard InChI is InChI=1S/C14H13FN2O2/c15-10-3-1-9(2-4-10)8-17-13-6-5-11(16)7-12(13)14(18)19/h1-7,17H,8,16H2,(H,18,19). The Morgan fingerprint density at radius 1 is 1.21 bits per heavy atom. The Kier molecular flexibility index (Phi) is 3.66. The van der Waals surface area contributed by atoms with Gasteiger partial charge in [0.05, 0.1) is 5.56 Å². The Morgan fingerprint density at radius 2 is 1.89 bits per heavy atom. The molecule has 0 bridgehead atoms. The summed E-state index contributed by atoms with van der Waals surface area (Å²) in [5, 5.41) is 12.1. The molecule has 2 rings (SSSR count). The Labute approximate surface area is 109 Å². The molecule has 2 aromatic carbocycles. The molecule has 98 valence electrons.